The molecule has 0 amide bonds. The lowest BCUT2D eigenvalue weighted by Crippen LogP contribution is -2.10. The van der Waals surface area contributed by atoms with Crippen molar-refractivity contribution in [2.45, 2.75) is 26.7 Å². The predicted molar refractivity (Wildman–Crippen MR) is 104 cm³/mol. The van der Waals surface area contributed by atoms with Crippen LogP contribution in [0.4, 0.5) is 21.8 Å². The van der Waals surface area contributed by atoms with Gasteiger partial charge in [0.15, 0.2) is 0 Å². The Hall–Kier alpha value is -2.95. The number of hydrogen-bond acceptors (Lipinski definition) is 4. The smallest absolute Gasteiger partial charge is 0.224 e. The molecule has 0 unspecified atom stereocenters. The minimum absolute atomic E-state index is 0.216. The zero-order chi connectivity index (χ0) is 18.4. The molecule has 0 bridgehead atoms. The monoisotopic (exact) mass is 350 g/mol. The Morgan fingerprint density at radius 3 is 2.54 bits per heavy atom. The highest BCUT2D eigenvalue weighted by atomic mass is 19.1. The number of halogens is 1. The summed E-state index contributed by atoms with van der Waals surface area (Å²) in [5.74, 6) is 1.14. The van der Waals surface area contributed by atoms with Crippen LogP contribution in [-0.4, -0.2) is 16.5 Å². The number of para-hydroxylation sites is 1. The van der Waals surface area contributed by atoms with Crippen LogP contribution in [0.3, 0.4) is 0 Å². The Morgan fingerprint density at radius 1 is 1.00 bits per heavy atom. The van der Waals surface area contributed by atoms with Gasteiger partial charge in [-0.1, -0.05) is 37.3 Å². The van der Waals surface area contributed by atoms with Crippen LogP contribution in [0.15, 0.2) is 54.6 Å². The van der Waals surface area contributed by atoms with Gasteiger partial charge in [-0.3, -0.25) is 0 Å². The number of anilines is 3. The number of aromatic nitrogens is 2. The zero-order valence-electron chi connectivity index (χ0n) is 15.1. The summed E-state index contributed by atoms with van der Waals surface area (Å²) in [7, 11) is 0. The fourth-order valence-corrected chi connectivity index (χ4v) is 2.77. The summed E-state index contributed by atoms with van der Waals surface area (Å²) in [5.41, 5.74) is 4.27. The zero-order valence-corrected chi connectivity index (χ0v) is 15.1. The predicted octanol–water partition coefficient (Wildman–Crippen LogP) is 4.88. The van der Waals surface area contributed by atoms with Crippen molar-refractivity contribution in [1.82, 2.24) is 9.97 Å². The van der Waals surface area contributed by atoms with Gasteiger partial charge in [-0.05, 0) is 49.1 Å². The fourth-order valence-electron chi connectivity index (χ4n) is 2.77. The van der Waals surface area contributed by atoms with Crippen LogP contribution in [0.5, 0.6) is 0 Å². The van der Waals surface area contributed by atoms with Crippen molar-refractivity contribution in [2.24, 2.45) is 0 Å². The highest BCUT2D eigenvalue weighted by Gasteiger charge is 2.05. The van der Waals surface area contributed by atoms with Crippen molar-refractivity contribution in [3.63, 3.8) is 0 Å². The molecule has 2 aromatic carbocycles. The maximum atomic E-state index is 13.0. The maximum absolute atomic E-state index is 13.0. The van der Waals surface area contributed by atoms with Gasteiger partial charge in [0.2, 0.25) is 5.95 Å². The van der Waals surface area contributed by atoms with Crippen molar-refractivity contribution in [3.8, 4) is 0 Å². The van der Waals surface area contributed by atoms with Crippen LogP contribution in [0.25, 0.3) is 0 Å². The van der Waals surface area contributed by atoms with Crippen LogP contribution < -0.4 is 10.6 Å². The summed E-state index contributed by atoms with van der Waals surface area (Å²) in [6.45, 7) is 4.76. The Labute approximate surface area is 153 Å². The Kier molecular flexibility index (Phi) is 5.79. The summed E-state index contributed by atoms with van der Waals surface area (Å²) < 4.78 is 13.0. The number of nitrogens with zero attached hydrogens (tertiary/aromatic N) is 2. The van der Waals surface area contributed by atoms with Crippen LogP contribution in [0, 0.1) is 12.7 Å². The van der Waals surface area contributed by atoms with Crippen LogP contribution >= 0.6 is 0 Å². The molecule has 1 heterocycles. The normalized spacial score (nSPS) is 10.6. The fraction of sp³-hybridized carbons (Fsp3) is 0.238. The van der Waals surface area contributed by atoms with Gasteiger partial charge in [-0.2, -0.15) is 4.98 Å². The molecule has 3 aromatic rings. The number of rotatable bonds is 7. The van der Waals surface area contributed by atoms with Gasteiger partial charge >= 0.3 is 0 Å². The molecule has 0 spiro atoms. The minimum Gasteiger partial charge on any atom is -0.354 e. The number of aryl methyl sites for hydroxylation is 2. The standard InChI is InChI=1S/C21H23FN4/c1-3-17-6-4-5-7-19(17)25-20-14-15(2)24-21(26-20)23-13-12-16-8-10-18(22)11-9-16/h4-11,14H,3,12-13H2,1-2H3,(H2,23,24,25,26). The van der Waals surface area contributed by atoms with Crippen LogP contribution in [0.1, 0.15) is 23.7 Å². The Balaban J connectivity index is 1.66. The quantitative estimate of drug-likeness (QED) is 0.637. The molecule has 0 fully saturated rings. The first-order valence-corrected chi connectivity index (χ1v) is 8.83. The Morgan fingerprint density at radius 2 is 1.77 bits per heavy atom. The number of hydrogen-bond donors (Lipinski definition) is 2. The third kappa shape index (κ3) is 4.79. The van der Waals surface area contributed by atoms with Gasteiger partial charge in [0.1, 0.15) is 11.6 Å². The first-order valence-electron chi connectivity index (χ1n) is 8.83. The van der Waals surface area contributed by atoms with E-state index in [2.05, 4.69) is 39.7 Å². The third-order valence-corrected chi connectivity index (χ3v) is 4.13. The van der Waals surface area contributed by atoms with Gasteiger partial charge in [0.25, 0.3) is 0 Å². The van der Waals surface area contributed by atoms with Gasteiger partial charge in [-0.15, -0.1) is 0 Å². The summed E-state index contributed by atoms with van der Waals surface area (Å²) >= 11 is 0. The van der Waals surface area contributed by atoms with Crippen molar-refractivity contribution in [1.29, 1.82) is 0 Å². The van der Waals surface area contributed by atoms with Crippen LogP contribution in [0.2, 0.25) is 0 Å². The molecule has 5 heteroatoms. The molecule has 3 rings (SSSR count). The first-order chi connectivity index (χ1) is 12.6. The first kappa shape index (κ1) is 17.9. The molecule has 26 heavy (non-hydrogen) atoms. The van der Waals surface area contributed by atoms with E-state index in [1.54, 1.807) is 12.1 Å². The van der Waals surface area contributed by atoms with Crippen molar-refractivity contribution < 1.29 is 4.39 Å². The van der Waals surface area contributed by atoms with E-state index in [9.17, 15) is 4.39 Å². The second-order valence-electron chi connectivity index (χ2n) is 6.16. The maximum Gasteiger partial charge on any atom is 0.224 e. The molecular formula is C21H23FN4. The summed E-state index contributed by atoms with van der Waals surface area (Å²) in [5, 5.41) is 6.63. The molecule has 2 N–H and O–H groups in total. The molecule has 4 nitrogen and oxygen atoms in total. The average Bonchev–Trinajstić information content (AvgIpc) is 2.63. The van der Waals surface area contributed by atoms with E-state index in [0.717, 1.165) is 35.6 Å². The molecule has 134 valence electrons. The summed E-state index contributed by atoms with van der Waals surface area (Å²) in [6.07, 6.45) is 1.73. The lowest BCUT2D eigenvalue weighted by Gasteiger charge is -2.12. The average molecular weight is 350 g/mol. The molecule has 0 radical (unpaired) electrons. The van der Waals surface area contributed by atoms with Crippen molar-refractivity contribution in [3.05, 3.63) is 77.2 Å². The van der Waals surface area contributed by atoms with E-state index >= 15 is 0 Å². The minimum atomic E-state index is -0.216. The molecule has 0 aliphatic heterocycles. The number of benzene rings is 2. The third-order valence-electron chi connectivity index (χ3n) is 4.13. The van der Waals surface area contributed by atoms with E-state index in [0.29, 0.717) is 12.5 Å². The molecule has 0 saturated heterocycles. The second-order valence-corrected chi connectivity index (χ2v) is 6.16. The summed E-state index contributed by atoms with van der Waals surface area (Å²) in [4.78, 5) is 9.00. The molecule has 1 aromatic heterocycles. The highest BCUT2D eigenvalue weighted by molar-refractivity contribution is 5.61. The van der Waals surface area contributed by atoms with Gasteiger partial charge in [-0.25, -0.2) is 9.37 Å². The lowest BCUT2D eigenvalue weighted by atomic mass is 10.1. The summed E-state index contributed by atoms with van der Waals surface area (Å²) in [6, 6.07) is 16.7. The molecule has 0 saturated carbocycles. The van der Waals surface area contributed by atoms with E-state index in [1.807, 2.05) is 25.1 Å². The van der Waals surface area contributed by atoms with Crippen LogP contribution in [-0.2, 0) is 12.8 Å². The van der Waals surface area contributed by atoms with E-state index in [4.69, 9.17) is 0 Å². The van der Waals surface area contributed by atoms with E-state index in [1.165, 1.54) is 17.7 Å². The Bertz CT molecular complexity index is 862. The molecular weight excluding hydrogens is 327 g/mol. The largest absolute Gasteiger partial charge is 0.354 e. The number of nitrogens with one attached hydrogen (secondary N) is 2. The van der Waals surface area contributed by atoms with Gasteiger partial charge < -0.3 is 10.6 Å². The molecule has 0 aliphatic rings. The lowest BCUT2D eigenvalue weighted by molar-refractivity contribution is 0.627. The highest BCUT2D eigenvalue weighted by Crippen LogP contribution is 2.21. The molecule has 0 aliphatic carbocycles. The van der Waals surface area contributed by atoms with Crippen molar-refractivity contribution in [2.75, 3.05) is 17.2 Å². The van der Waals surface area contributed by atoms with Crippen molar-refractivity contribution >= 4 is 17.5 Å². The molecule has 0 atom stereocenters. The van der Waals surface area contributed by atoms with Gasteiger partial charge in [0, 0.05) is 24.0 Å². The van der Waals surface area contributed by atoms with Gasteiger partial charge in [0.05, 0.1) is 0 Å². The van der Waals surface area contributed by atoms with E-state index < -0.39 is 0 Å². The van der Waals surface area contributed by atoms with E-state index in [-0.39, 0.29) is 5.82 Å². The SMILES string of the molecule is CCc1ccccc1Nc1cc(C)nc(NCCc2ccc(F)cc2)n1. The topological polar surface area (TPSA) is 49.8 Å². The second kappa shape index (κ2) is 8.43.